The van der Waals surface area contributed by atoms with E-state index in [0.29, 0.717) is 17.2 Å². The molecule has 6 nitrogen and oxygen atoms in total. The van der Waals surface area contributed by atoms with Crippen molar-refractivity contribution in [2.75, 3.05) is 33.3 Å². The number of methoxy groups -OCH3 is 3. The Kier molecular flexibility index (Phi) is 6.21. The summed E-state index contributed by atoms with van der Waals surface area (Å²) in [6, 6.07) is 9.06. The van der Waals surface area contributed by atoms with E-state index in [1.165, 1.54) is 44.4 Å². The van der Waals surface area contributed by atoms with Gasteiger partial charge in [0, 0.05) is 24.4 Å². The third kappa shape index (κ3) is 4.14. The quantitative estimate of drug-likeness (QED) is 0.749. The van der Waals surface area contributed by atoms with Crippen molar-refractivity contribution in [2.24, 2.45) is 0 Å². The monoisotopic (exact) mass is 367 g/mol. The van der Waals surface area contributed by atoms with Crippen molar-refractivity contribution in [3.05, 3.63) is 42.0 Å². The number of nitrogens with zero attached hydrogens (tertiary/aromatic N) is 1. The molecule has 0 bridgehead atoms. The van der Waals surface area contributed by atoms with Crippen LogP contribution in [-0.4, -0.2) is 40.9 Å². The number of carbonyl (C=O) groups excluding carboxylic acids is 1. The van der Waals surface area contributed by atoms with Gasteiger partial charge in [0.2, 0.25) is 0 Å². The molecule has 0 saturated heterocycles. The molecule has 0 spiro atoms. The number of anilines is 1. The van der Waals surface area contributed by atoms with Gasteiger partial charge >= 0.3 is 6.61 Å². The van der Waals surface area contributed by atoms with Crippen molar-refractivity contribution in [3.8, 4) is 23.0 Å². The highest BCUT2D eigenvalue weighted by molar-refractivity contribution is 6.06. The standard InChI is InChI=1S/C18H19F2NO5/c1-21(12-6-8-13(23-2)15(10-12)25-4)17(22)11-5-7-14(24-3)16(9-11)26-18(19)20/h5-10,18H,1-4H3. The lowest BCUT2D eigenvalue weighted by Crippen LogP contribution is -2.26. The topological polar surface area (TPSA) is 57.2 Å². The highest BCUT2D eigenvalue weighted by atomic mass is 19.3. The molecule has 0 aliphatic carbocycles. The fourth-order valence-electron chi connectivity index (χ4n) is 2.34. The van der Waals surface area contributed by atoms with Crippen LogP contribution in [0.4, 0.5) is 14.5 Å². The van der Waals surface area contributed by atoms with E-state index in [4.69, 9.17) is 14.2 Å². The van der Waals surface area contributed by atoms with Crippen LogP contribution in [0.1, 0.15) is 10.4 Å². The molecule has 2 aromatic carbocycles. The normalized spacial score (nSPS) is 10.4. The van der Waals surface area contributed by atoms with E-state index in [9.17, 15) is 13.6 Å². The molecule has 0 aromatic heterocycles. The summed E-state index contributed by atoms with van der Waals surface area (Å²) in [5, 5.41) is 0. The third-order valence-corrected chi connectivity index (χ3v) is 3.69. The summed E-state index contributed by atoms with van der Waals surface area (Å²) in [6.07, 6.45) is 0. The van der Waals surface area contributed by atoms with Crippen LogP contribution in [0.15, 0.2) is 36.4 Å². The van der Waals surface area contributed by atoms with Crippen LogP contribution in [0, 0.1) is 0 Å². The van der Waals surface area contributed by atoms with Gasteiger partial charge in [0.1, 0.15) is 0 Å². The van der Waals surface area contributed by atoms with E-state index in [1.54, 1.807) is 25.2 Å². The van der Waals surface area contributed by atoms with Crippen LogP contribution >= 0.6 is 0 Å². The number of carbonyl (C=O) groups is 1. The van der Waals surface area contributed by atoms with Gasteiger partial charge in [-0.1, -0.05) is 0 Å². The molecule has 0 N–H and O–H groups in total. The van der Waals surface area contributed by atoms with E-state index < -0.39 is 12.5 Å². The van der Waals surface area contributed by atoms with E-state index in [0.717, 1.165) is 0 Å². The lowest BCUT2D eigenvalue weighted by Gasteiger charge is -2.20. The van der Waals surface area contributed by atoms with Crippen molar-refractivity contribution in [3.63, 3.8) is 0 Å². The molecule has 2 aromatic rings. The largest absolute Gasteiger partial charge is 0.493 e. The zero-order valence-electron chi connectivity index (χ0n) is 14.8. The van der Waals surface area contributed by atoms with E-state index >= 15 is 0 Å². The average molecular weight is 367 g/mol. The van der Waals surface area contributed by atoms with Crippen LogP contribution in [0.5, 0.6) is 23.0 Å². The van der Waals surface area contributed by atoms with Gasteiger partial charge in [-0.05, 0) is 30.3 Å². The molecule has 0 atom stereocenters. The lowest BCUT2D eigenvalue weighted by atomic mass is 10.1. The number of benzene rings is 2. The molecular weight excluding hydrogens is 348 g/mol. The number of halogens is 2. The highest BCUT2D eigenvalue weighted by Crippen LogP contribution is 2.33. The summed E-state index contributed by atoms with van der Waals surface area (Å²) in [4.78, 5) is 14.1. The first-order valence-electron chi connectivity index (χ1n) is 7.54. The van der Waals surface area contributed by atoms with Crippen molar-refractivity contribution >= 4 is 11.6 Å². The van der Waals surface area contributed by atoms with Crippen molar-refractivity contribution in [1.82, 2.24) is 0 Å². The minimum atomic E-state index is -3.03. The maximum absolute atomic E-state index is 12.7. The first-order chi connectivity index (χ1) is 12.4. The number of rotatable bonds is 7. The minimum absolute atomic E-state index is 0.107. The molecule has 1 amide bonds. The van der Waals surface area contributed by atoms with Crippen molar-refractivity contribution < 1.29 is 32.5 Å². The predicted molar refractivity (Wildman–Crippen MR) is 91.9 cm³/mol. The van der Waals surface area contributed by atoms with E-state index in [2.05, 4.69) is 4.74 Å². The maximum atomic E-state index is 12.7. The van der Waals surface area contributed by atoms with Crippen LogP contribution < -0.4 is 23.8 Å². The van der Waals surface area contributed by atoms with Crippen molar-refractivity contribution in [2.45, 2.75) is 6.61 Å². The Morgan fingerprint density at radius 2 is 1.46 bits per heavy atom. The van der Waals surface area contributed by atoms with Gasteiger partial charge in [-0.3, -0.25) is 4.79 Å². The van der Waals surface area contributed by atoms with Gasteiger partial charge < -0.3 is 23.8 Å². The third-order valence-electron chi connectivity index (χ3n) is 3.69. The first kappa shape index (κ1) is 19.3. The Balaban J connectivity index is 2.33. The number of hydrogen-bond donors (Lipinski definition) is 0. The Labute approximate surface area is 149 Å². The van der Waals surface area contributed by atoms with E-state index in [-0.39, 0.29) is 17.1 Å². The summed E-state index contributed by atoms with van der Waals surface area (Å²) >= 11 is 0. The zero-order chi connectivity index (χ0) is 19.3. The zero-order valence-corrected chi connectivity index (χ0v) is 14.8. The molecular formula is C18H19F2NO5. The lowest BCUT2D eigenvalue weighted by molar-refractivity contribution is -0.0512. The molecule has 8 heteroatoms. The molecule has 0 heterocycles. The van der Waals surface area contributed by atoms with Crippen LogP contribution in [0.2, 0.25) is 0 Å². The second-order valence-corrected chi connectivity index (χ2v) is 5.15. The summed E-state index contributed by atoms with van der Waals surface area (Å²) in [7, 11) is 5.88. The SMILES string of the molecule is COc1ccc(N(C)C(=O)c2ccc(OC)c(OC(F)F)c2)cc1OC. The summed E-state index contributed by atoms with van der Waals surface area (Å²) < 4.78 is 44.9. The van der Waals surface area contributed by atoms with Crippen LogP contribution in [0.3, 0.4) is 0 Å². The maximum Gasteiger partial charge on any atom is 0.387 e. The van der Waals surface area contributed by atoms with Gasteiger partial charge in [0.05, 0.1) is 21.3 Å². The molecule has 140 valence electrons. The average Bonchev–Trinajstić information content (AvgIpc) is 2.65. The molecule has 0 aliphatic heterocycles. The molecule has 0 aliphatic rings. The molecule has 0 saturated carbocycles. The number of amides is 1. The van der Waals surface area contributed by atoms with Gasteiger partial charge in [0.15, 0.2) is 23.0 Å². The molecule has 0 fully saturated rings. The number of ether oxygens (including phenoxy) is 4. The van der Waals surface area contributed by atoms with Crippen molar-refractivity contribution in [1.29, 1.82) is 0 Å². The van der Waals surface area contributed by atoms with E-state index in [1.807, 2.05) is 0 Å². The van der Waals surface area contributed by atoms with Gasteiger partial charge in [-0.25, -0.2) is 0 Å². The summed E-state index contributed by atoms with van der Waals surface area (Å²) in [5.74, 6) is 0.457. The Morgan fingerprint density at radius 3 is 2.04 bits per heavy atom. The molecule has 2 rings (SSSR count). The predicted octanol–water partition coefficient (Wildman–Crippen LogP) is 3.59. The Bertz CT molecular complexity index is 782. The smallest absolute Gasteiger partial charge is 0.387 e. The summed E-state index contributed by atoms with van der Waals surface area (Å²) in [5.41, 5.74) is 0.707. The number of hydrogen-bond acceptors (Lipinski definition) is 5. The fraction of sp³-hybridized carbons (Fsp3) is 0.278. The first-order valence-corrected chi connectivity index (χ1v) is 7.54. The van der Waals surface area contributed by atoms with Crippen LogP contribution in [-0.2, 0) is 0 Å². The highest BCUT2D eigenvalue weighted by Gasteiger charge is 2.19. The van der Waals surface area contributed by atoms with Crippen LogP contribution in [0.25, 0.3) is 0 Å². The fourth-order valence-corrected chi connectivity index (χ4v) is 2.34. The van der Waals surface area contributed by atoms with Gasteiger partial charge in [-0.2, -0.15) is 8.78 Å². The minimum Gasteiger partial charge on any atom is -0.493 e. The van der Waals surface area contributed by atoms with Gasteiger partial charge in [0.25, 0.3) is 5.91 Å². The molecule has 26 heavy (non-hydrogen) atoms. The number of alkyl halides is 2. The Hall–Kier alpha value is -3.03. The molecule has 0 radical (unpaired) electrons. The Morgan fingerprint density at radius 1 is 0.885 bits per heavy atom. The second kappa shape index (κ2) is 8.37. The second-order valence-electron chi connectivity index (χ2n) is 5.15. The molecule has 0 unspecified atom stereocenters. The summed E-state index contributed by atoms with van der Waals surface area (Å²) in [6.45, 7) is -3.03. The van der Waals surface area contributed by atoms with Gasteiger partial charge in [-0.15, -0.1) is 0 Å².